The summed E-state index contributed by atoms with van der Waals surface area (Å²) in [6.07, 6.45) is 9.03. The lowest BCUT2D eigenvalue weighted by Gasteiger charge is -2.29. The molecule has 4 unspecified atom stereocenters. The molecule has 4 atom stereocenters. The van der Waals surface area contributed by atoms with E-state index < -0.39 is 31.7 Å². The minimum Gasteiger partial charge on any atom is -0.270 e. The fourth-order valence-electron chi connectivity index (χ4n) is 1.85. The van der Waals surface area contributed by atoms with E-state index in [4.69, 9.17) is 0 Å². The normalized spacial score (nSPS) is 36.5. The monoisotopic (exact) mass is 342 g/mol. The van der Waals surface area contributed by atoms with Gasteiger partial charge in [-0.1, -0.05) is 21.6 Å². The molecule has 0 aromatic heterocycles. The lowest BCUT2D eigenvalue weighted by molar-refractivity contribution is -0.549. The van der Waals surface area contributed by atoms with E-state index in [0.29, 0.717) is 0 Å². The third-order valence-corrected chi connectivity index (χ3v) is 6.61. The maximum Gasteiger partial charge on any atom is 0.269 e. The Kier molecular flexibility index (Phi) is 4.71. The molecular formula is C12H14N4O4S2. The Morgan fingerprint density at radius 1 is 0.909 bits per heavy atom. The molecular weight excluding hydrogens is 328 g/mol. The molecule has 0 aliphatic carbocycles. The smallest absolute Gasteiger partial charge is 0.269 e. The highest BCUT2D eigenvalue weighted by Crippen LogP contribution is 2.44. The molecule has 10 heteroatoms. The van der Waals surface area contributed by atoms with Crippen LogP contribution in [0, 0.1) is 20.2 Å². The Bertz CT molecular complexity index is 554. The third-order valence-electron chi connectivity index (χ3n) is 3.51. The zero-order valence-corrected chi connectivity index (χ0v) is 13.5. The summed E-state index contributed by atoms with van der Waals surface area (Å²) in [4.78, 5) is 30.0. The van der Waals surface area contributed by atoms with Crippen molar-refractivity contribution in [3.05, 3.63) is 44.5 Å². The van der Waals surface area contributed by atoms with Gasteiger partial charge in [0.1, 0.15) is 0 Å². The first-order chi connectivity index (χ1) is 10.3. The Morgan fingerprint density at radius 3 is 1.59 bits per heavy atom. The van der Waals surface area contributed by atoms with Crippen molar-refractivity contribution in [1.82, 2.24) is 0 Å². The zero-order chi connectivity index (χ0) is 16.4. The predicted molar refractivity (Wildman–Crippen MR) is 88.8 cm³/mol. The average molecular weight is 342 g/mol. The van der Waals surface area contributed by atoms with Gasteiger partial charge in [-0.3, -0.25) is 30.2 Å². The van der Waals surface area contributed by atoms with Crippen LogP contribution < -0.4 is 0 Å². The van der Waals surface area contributed by atoms with Gasteiger partial charge in [0.2, 0.25) is 0 Å². The van der Waals surface area contributed by atoms with Crippen molar-refractivity contribution in [1.29, 1.82) is 0 Å². The number of dihydropyridines is 2. The van der Waals surface area contributed by atoms with Gasteiger partial charge in [-0.2, -0.15) is 0 Å². The van der Waals surface area contributed by atoms with Gasteiger partial charge in [0.25, 0.3) is 11.1 Å². The van der Waals surface area contributed by atoms with Crippen molar-refractivity contribution < 1.29 is 9.85 Å². The highest BCUT2D eigenvalue weighted by molar-refractivity contribution is 8.77. The minimum atomic E-state index is -1.34. The van der Waals surface area contributed by atoms with Crippen molar-refractivity contribution in [3.8, 4) is 0 Å². The maximum absolute atomic E-state index is 11.3. The summed E-state index contributed by atoms with van der Waals surface area (Å²) >= 11 is 0. The number of hydrogen-bond donors (Lipinski definition) is 0. The van der Waals surface area contributed by atoms with E-state index in [-0.39, 0.29) is 0 Å². The Hall–Kier alpha value is -1.68. The van der Waals surface area contributed by atoms with Crippen molar-refractivity contribution in [3.63, 3.8) is 0 Å². The molecule has 0 fully saturated rings. The van der Waals surface area contributed by atoms with Gasteiger partial charge < -0.3 is 0 Å². The molecule has 22 heavy (non-hydrogen) atoms. The van der Waals surface area contributed by atoms with E-state index >= 15 is 0 Å². The van der Waals surface area contributed by atoms with E-state index in [1.807, 2.05) is 0 Å². The third kappa shape index (κ3) is 2.93. The second-order valence-corrected chi connectivity index (χ2v) is 7.61. The molecule has 0 aromatic rings. The van der Waals surface area contributed by atoms with Crippen LogP contribution in [0.4, 0.5) is 0 Å². The summed E-state index contributed by atoms with van der Waals surface area (Å²) < 4.78 is 0. The summed E-state index contributed by atoms with van der Waals surface area (Å²) in [6.45, 7) is 2.96. The highest BCUT2D eigenvalue weighted by atomic mass is 33.1. The second kappa shape index (κ2) is 6.21. The quantitative estimate of drug-likeness (QED) is 0.431. The molecule has 2 rings (SSSR count). The van der Waals surface area contributed by atoms with Crippen LogP contribution in [0.25, 0.3) is 0 Å². The number of nitro groups is 2. The molecule has 0 spiro atoms. The van der Waals surface area contributed by atoms with Crippen LogP contribution in [-0.2, 0) is 0 Å². The van der Waals surface area contributed by atoms with Crippen molar-refractivity contribution in [2.24, 2.45) is 9.98 Å². The molecule has 0 saturated carbocycles. The van der Waals surface area contributed by atoms with Crippen molar-refractivity contribution >= 4 is 34.0 Å². The average Bonchev–Trinajstić information content (AvgIpc) is 2.47. The Morgan fingerprint density at radius 2 is 1.27 bits per heavy atom. The molecule has 0 radical (unpaired) electrons. The van der Waals surface area contributed by atoms with E-state index in [1.54, 1.807) is 0 Å². The first kappa shape index (κ1) is 16.7. The van der Waals surface area contributed by atoms with Gasteiger partial charge >= 0.3 is 0 Å². The largest absolute Gasteiger partial charge is 0.270 e. The number of aliphatic imine (C=N–C) groups is 2. The van der Waals surface area contributed by atoms with Crippen molar-refractivity contribution in [2.75, 3.05) is 0 Å². The number of rotatable bonds is 5. The summed E-state index contributed by atoms with van der Waals surface area (Å²) in [6, 6.07) is 0. The lowest BCUT2D eigenvalue weighted by atomic mass is 10.0. The summed E-state index contributed by atoms with van der Waals surface area (Å²) in [5, 5.41) is 21.2. The van der Waals surface area contributed by atoms with E-state index in [9.17, 15) is 20.2 Å². The van der Waals surface area contributed by atoms with Crippen LogP contribution in [0.15, 0.2) is 34.3 Å². The van der Waals surface area contributed by atoms with Crippen molar-refractivity contribution in [2.45, 2.75) is 35.7 Å². The van der Waals surface area contributed by atoms with Gasteiger partial charge in [0.05, 0.1) is 0 Å². The molecule has 0 bridgehead atoms. The molecule has 0 aromatic carbocycles. The minimum absolute atomic E-state index is 0.394. The molecule has 0 N–H and O–H groups in total. The van der Waals surface area contributed by atoms with Crippen LogP contribution in [0.1, 0.15) is 13.8 Å². The Balaban J connectivity index is 2.12. The van der Waals surface area contributed by atoms with Crippen LogP contribution in [-0.4, -0.2) is 44.1 Å². The SMILES string of the molecule is CC1([N+](=O)[O-])C=CC=NC1SSC1N=CC=CC1(C)[N+](=O)[O-]. The maximum atomic E-state index is 11.3. The van der Waals surface area contributed by atoms with Gasteiger partial charge in [-0.05, 0) is 24.3 Å². The van der Waals surface area contributed by atoms with E-state index in [0.717, 1.165) is 21.6 Å². The van der Waals surface area contributed by atoms with Gasteiger partial charge in [0, 0.05) is 36.1 Å². The summed E-state index contributed by atoms with van der Waals surface area (Å²) in [7, 11) is 2.27. The number of allylic oxidation sites excluding steroid dienone is 2. The van der Waals surface area contributed by atoms with Crippen LogP contribution >= 0.6 is 21.6 Å². The van der Waals surface area contributed by atoms with E-state index in [2.05, 4.69) is 9.98 Å². The molecule has 2 heterocycles. The molecule has 0 saturated heterocycles. The fourth-order valence-corrected chi connectivity index (χ4v) is 5.12. The first-order valence-electron chi connectivity index (χ1n) is 6.34. The predicted octanol–water partition coefficient (Wildman–Crippen LogP) is 2.37. The zero-order valence-electron chi connectivity index (χ0n) is 11.9. The number of nitrogens with zero attached hydrogens (tertiary/aromatic N) is 4. The van der Waals surface area contributed by atoms with Gasteiger partial charge in [-0.25, -0.2) is 0 Å². The molecule has 2 aliphatic rings. The molecule has 0 amide bonds. The molecule has 2 aliphatic heterocycles. The standard InChI is InChI=1S/C12H14N4O4S2/c1-11(15(17)18)5-3-7-13-9(11)21-22-10-12(2,16(19)20)6-4-8-14-10/h3-10H,1-2H3. The molecule has 118 valence electrons. The topological polar surface area (TPSA) is 111 Å². The summed E-state index contributed by atoms with van der Waals surface area (Å²) in [5.41, 5.74) is -2.68. The van der Waals surface area contributed by atoms with E-state index in [1.165, 1.54) is 50.6 Å². The van der Waals surface area contributed by atoms with Gasteiger partial charge in [-0.15, -0.1) is 0 Å². The summed E-state index contributed by atoms with van der Waals surface area (Å²) in [5.74, 6) is 0. The van der Waals surface area contributed by atoms with Crippen LogP contribution in [0.5, 0.6) is 0 Å². The molecule has 8 nitrogen and oxygen atoms in total. The second-order valence-electron chi connectivity index (χ2n) is 5.18. The highest BCUT2D eigenvalue weighted by Gasteiger charge is 2.49. The van der Waals surface area contributed by atoms with Crippen LogP contribution in [0.3, 0.4) is 0 Å². The Labute approximate surface area is 134 Å². The lowest BCUT2D eigenvalue weighted by Crippen LogP contribution is -2.45. The fraction of sp³-hybridized carbons (Fsp3) is 0.500. The first-order valence-corrected chi connectivity index (χ1v) is 8.61. The van der Waals surface area contributed by atoms with Gasteiger partial charge in [0.15, 0.2) is 10.7 Å². The number of hydrogen-bond acceptors (Lipinski definition) is 8. The van der Waals surface area contributed by atoms with Crippen LogP contribution in [0.2, 0.25) is 0 Å².